The highest BCUT2D eigenvalue weighted by atomic mass is 32.1. The van der Waals surface area contributed by atoms with Crippen molar-refractivity contribution in [2.75, 3.05) is 4.90 Å². The largest absolute Gasteiger partial charge is 0.506 e. The second kappa shape index (κ2) is 8.86. The zero-order valence-corrected chi connectivity index (χ0v) is 21.5. The van der Waals surface area contributed by atoms with Crippen LogP contribution in [0.3, 0.4) is 0 Å². The number of phenols is 1. The van der Waals surface area contributed by atoms with Crippen molar-refractivity contribution < 1.29 is 5.11 Å². The standard InChI is InChI=1S/C29H30N4OS/c1-17-14-18(2)27(19(3)15-17)32-20(4)16-22(21(32)5)28-26(23-10-8-9-13-30-23)31-29(35)33(28)24-11-6-7-12-25(24)34/h6-16,26,28,34H,1-5H3,(H,31,35)/t26-,28-/m1/s1. The fourth-order valence-corrected chi connectivity index (χ4v) is 5.89. The first-order valence-electron chi connectivity index (χ1n) is 11.8. The molecule has 0 radical (unpaired) electrons. The Hall–Kier alpha value is -3.64. The number of thiocarbonyl (C=S) groups is 1. The van der Waals surface area contributed by atoms with E-state index in [1.165, 1.54) is 22.4 Å². The average molecular weight is 483 g/mol. The summed E-state index contributed by atoms with van der Waals surface area (Å²) in [5, 5.41) is 14.8. The highest BCUT2D eigenvalue weighted by Gasteiger charge is 2.43. The number of benzene rings is 2. The summed E-state index contributed by atoms with van der Waals surface area (Å²) in [5.41, 5.74) is 10.0. The van der Waals surface area contributed by atoms with Crippen molar-refractivity contribution in [1.82, 2.24) is 14.9 Å². The summed E-state index contributed by atoms with van der Waals surface area (Å²) in [5.74, 6) is 0.197. The lowest BCUT2D eigenvalue weighted by molar-refractivity contribution is 0.472. The second-order valence-corrected chi connectivity index (χ2v) is 9.78. The van der Waals surface area contributed by atoms with Crippen molar-refractivity contribution in [3.05, 3.63) is 106 Å². The van der Waals surface area contributed by atoms with Gasteiger partial charge in [-0.2, -0.15) is 0 Å². The number of aromatic nitrogens is 2. The maximum absolute atomic E-state index is 10.8. The Morgan fingerprint density at radius 2 is 1.60 bits per heavy atom. The molecule has 5 rings (SSSR count). The number of para-hydroxylation sites is 2. The van der Waals surface area contributed by atoms with Crippen LogP contribution in [0, 0.1) is 34.6 Å². The van der Waals surface area contributed by atoms with Gasteiger partial charge >= 0.3 is 0 Å². The van der Waals surface area contributed by atoms with Gasteiger partial charge in [0.25, 0.3) is 0 Å². The van der Waals surface area contributed by atoms with E-state index < -0.39 is 0 Å². The van der Waals surface area contributed by atoms with E-state index in [1.807, 2.05) is 47.5 Å². The quantitative estimate of drug-likeness (QED) is 0.335. The average Bonchev–Trinajstić information content (AvgIpc) is 3.30. The van der Waals surface area contributed by atoms with Crippen LogP contribution in [0.4, 0.5) is 5.69 Å². The minimum atomic E-state index is -0.184. The smallest absolute Gasteiger partial charge is 0.174 e. The Bertz CT molecular complexity index is 1400. The number of aryl methyl sites for hydroxylation is 4. The number of rotatable bonds is 4. The first kappa shape index (κ1) is 23.1. The molecule has 1 aliphatic rings. The first-order valence-corrected chi connectivity index (χ1v) is 12.2. The third-order valence-corrected chi connectivity index (χ3v) is 7.20. The van der Waals surface area contributed by atoms with Gasteiger partial charge in [-0.1, -0.05) is 35.9 Å². The molecule has 2 atom stereocenters. The van der Waals surface area contributed by atoms with E-state index >= 15 is 0 Å². The molecule has 0 unspecified atom stereocenters. The molecule has 5 nitrogen and oxygen atoms in total. The van der Waals surface area contributed by atoms with E-state index in [4.69, 9.17) is 12.2 Å². The first-order chi connectivity index (χ1) is 16.8. The van der Waals surface area contributed by atoms with E-state index in [-0.39, 0.29) is 17.8 Å². The minimum absolute atomic E-state index is 0.169. The van der Waals surface area contributed by atoms with Gasteiger partial charge in [0.05, 0.1) is 29.2 Å². The number of aromatic hydroxyl groups is 1. The van der Waals surface area contributed by atoms with Crippen molar-refractivity contribution in [2.24, 2.45) is 0 Å². The molecule has 1 fully saturated rings. The van der Waals surface area contributed by atoms with Crippen LogP contribution in [-0.4, -0.2) is 19.8 Å². The highest BCUT2D eigenvalue weighted by Crippen LogP contribution is 2.46. The van der Waals surface area contributed by atoms with Crippen molar-refractivity contribution >= 4 is 23.0 Å². The molecule has 0 saturated carbocycles. The van der Waals surface area contributed by atoms with Gasteiger partial charge in [-0.25, -0.2) is 0 Å². The van der Waals surface area contributed by atoms with Gasteiger partial charge in [0.2, 0.25) is 0 Å². The molecule has 0 spiro atoms. The summed E-state index contributed by atoms with van der Waals surface area (Å²) in [4.78, 5) is 6.69. The topological polar surface area (TPSA) is 53.3 Å². The number of pyridine rings is 1. The van der Waals surface area contributed by atoms with Crippen LogP contribution in [0.5, 0.6) is 5.75 Å². The predicted molar refractivity (Wildman–Crippen MR) is 145 cm³/mol. The van der Waals surface area contributed by atoms with Gasteiger partial charge in [-0.15, -0.1) is 0 Å². The lowest BCUT2D eigenvalue weighted by Crippen LogP contribution is -2.29. The summed E-state index contributed by atoms with van der Waals surface area (Å²) < 4.78 is 2.35. The predicted octanol–water partition coefficient (Wildman–Crippen LogP) is 6.30. The summed E-state index contributed by atoms with van der Waals surface area (Å²) in [6.45, 7) is 10.8. The van der Waals surface area contributed by atoms with Gasteiger partial charge in [0.1, 0.15) is 5.75 Å². The van der Waals surface area contributed by atoms with E-state index in [1.54, 1.807) is 6.07 Å². The van der Waals surface area contributed by atoms with Gasteiger partial charge < -0.3 is 19.9 Å². The van der Waals surface area contributed by atoms with Crippen molar-refractivity contribution in [3.63, 3.8) is 0 Å². The van der Waals surface area contributed by atoms with E-state index in [0.29, 0.717) is 10.8 Å². The lowest BCUT2D eigenvalue weighted by atomic mass is 9.96. The molecule has 6 heteroatoms. The lowest BCUT2D eigenvalue weighted by Gasteiger charge is -2.28. The molecule has 0 bridgehead atoms. The van der Waals surface area contributed by atoms with Crippen LogP contribution in [0.1, 0.15) is 51.4 Å². The maximum Gasteiger partial charge on any atom is 0.174 e. The molecule has 1 aliphatic heterocycles. The molecule has 2 aromatic heterocycles. The molecule has 35 heavy (non-hydrogen) atoms. The zero-order chi connectivity index (χ0) is 24.9. The van der Waals surface area contributed by atoms with Gasteiger partial charge in [0.15, 0.2) is 5.11 Å². The van der Waals surface area contributed by atoms with Crippen LogP contribution < -0.4 is 10.2 Å². The van der Waals surface area contributed by atoms with Gasteiger partial charge in [-0.05, 0) is 93.9 Å². The molecule has 2 aromatic carbocycles. The van der Waals surface area contributed by atoms with Crippen molar-refractivity contribution in [2.45, 2.75) is 46.7 Å². The summed E-state index contributed by atoms with van der Waals surface area (Å²) >= 11 is 5.84. The second-order valence-electron chi connectivity index (χ2n) is 9.39. The molecular weight excluding hydrogens is 452 g/mol. The number of nitrogens with one attached hydrogen (secondary N) is 1. The fourth-order valence-electron chi connectivity index (χ4n) is 5.55. The third-order valence-electron chi connectivity index (χ3n) is 6.89. The van der Waals surface area contributed by atoms with Crippen molar-refractivity contribution in [1.29, 1.82) is 0 Å². The van der Waals surface area contributed by atoms with E-state index in [0.717, 1.165) is 22.6 Å². The van der Waals surface area contributed by atoms with Crippen LogP contribution in [-0.2, 0) is 0 Å². The minimum Gasteiger partial charge on any atom is -0.506 e. The molecule has 178 valence electrons. The van der Waals surface area contributed by atoms with Crippen LogP contribution in [0.25, 0.3) is 5.69 Å². The number of nitrogens with zero attached hydrogens (tertiary/aromatic N) is 3. The summed E-state index contributed by atoms with van der Waals surface area (Å²) in [7, 11) is 0. The molecule has 2 N–H and O–H groups in total. The number of hydrogen-bond acceptors (Lipinski definition) is 3. The summed E-state index contributed by atoms with van der Waals surface area (Å²) in [6, 6.07) is 19.7. The number of hydrogen-bond donors (Lipinski definition) is 2. The molecular formula is C29H30N4OS. The van der Waals surface area contributed by atoms with Gasteiger partial charge in [0, 0.05) is 17.6 Å². The van der Waals surface area contributed by atoms with E-state index in [2.05, 4.69) is 67.7 Å². The number of phenolic OH excluding ortho intramolecular Hbond substituents is 1. The Kier molecular flexibility index (Phi) is 5.85. The molecule has 0 aliphatic carbocycles. The Morgan fingerprint density at radius 3 is 2.26 bits per heavy atom. The molecule has 1 saturated heterocycles. The van der Waals surface area contributed by atoms with Crippen LogP contribution in [0.2, 0.25) is 0 Å². The highest BCUT2D eigenvalue weighted by molar-refractivity contribution is 7.80. The Balaban J connectivity index is 1.73. The SMILES string of the molecule is Cc1cc(C)c(-n2c(C)cc([C@@H]3[C@@H](c4ccccn4)NC(=S)N3c3ccccc3O)c2C)c(C)c1. The monoisotopic (exact) mass is 482 g/mol. The molecule has 0 amide bonds. The third kappa shape index (κ3) is 3.88. The number of anilines is 1. The summed E-state index contributed by atoms with van der Waals surface area (Å²) in [6.07, 6.45) is 1.81. The fraction of sp³-hybridized carbons (Fsp3) is 0.241. The molecule has 3 heterocycles. The Labute approximate surface area is 212 Å². The zero-order valence-electron chi connectivity index (χ0n) is 20.7. The van der Waals surface area contributed by atoms with Crippen LogP contribution >= 0.6 is 12.2 Å². The normalized spacial score (nSPS) is 17.6. The van der Waals surface area contributed by atoms with Crippen molar-refractivity contribution in [3.8, 4) is 11.4 Å². The van der Waals surface area contributed by atoms with Gasteiger partial charge in [-0.3, -0.25) is 4.98 Å². The Morgan fingerprint density at radius 1 is 0.914 bits per heavy atom. The van der Waals surface area contributed by atoms with E-state index in [9.17, 15) is 5.11 Å². The van der Waals surface area contributed by atoms with Crippen LogP contribution in [0.15, 0.2) is 66.9 Å². The molecule has 4 aromatic rings. The maximum atomic E-state index is 10.8.